The minimum absolute atomic E-state index is 0.140. The van der Waals surface area contributed by atoms with Gasteiger partial charge in [0, 0.05) is 6.04 Å². The molecule has 78 valence electrons. The van der Waals surface area contributed by atoms with Crippen molar-refractivity contribution < 1.29 is 4.74 Å². The van der Waals surface area contributed by atoms with Crippen molar-refractivity contribution in [2.45, 2.75) is 26.3 Å². The predicted molar refractivity (Wildman–Crippen MR) is 59.4 cm³/mol. The maximum atomic E-state index is 6.05. The van der Waals surface area contributed by atoms with Gasteiger partial charge in [-0.05, 0) is 30.0 Å². The molecule has 0 spiro atoms. The third-order valence-electron chi connectivity index (χ3n) is 2.27. The first-order chi connectivity index (χ1) is 6.63. The van der Waals surface area contributed by atoms with E-state index in [0.717, 1.165) is 12.2 Å². The number of nitrogens with two attached hydrogens (primary N) is 1. The van der Waals surface area contributed by atoms with E-state index >= 15 is 0 Å². The minimum Gasteiger partial charge on any atom is -0.497 e. The van der Waals surface area contributed by atoms with Crippen molar-refractivity contribution >= 4 is 0 Å². The van der Waals surface area contributed by atoms with Crippen LogP contribution in [0.2, 0.25) is 0 Å². The van der Waals surface area contributed by atoms with E-state index in [0.29, 0.717) is 5.92 Å². The first kappa shape index (κ1) is 11.1. The number of ether oxygens (including phenoxy) is 1. The Morgan fingerprint density at radius 1 is 1.21 bits per heavy atom. The first-order valence-electron chi connectivity index (χ1n) is 5.03. The van der Waals surface area contributed by atoms with E-state index in [1.54, 1.807) is 7.11 Å². The molecule has 0 aliphatic heterocycles. The molecule has 1 aromatic carbocycles. The first-order valence-corrected chi connectivity index (χ1v) is 5.03. The molecule has 0 unspecified atom stereocenters. The van der Waals surface area contributed by atoms with Crippen LogP contribution in [0.3, 0.4) is 0 Å². The van der Waals surface area contributed by atoms with Crippen LogP contribution in [0.15, 0.2) is 24.3 Å². The zero-order chi connectivity index (χ0) is 10.6. The van der Waals surface area contributed by atoms with Crippen molar-refractivity contribution in [1.82, 2.24) is 0 Å². The molecule has 14 heavy (non-hydrogen) atoms. The fourth-order valence-electron chi connectivity index (χ4n) is 1.50. The molecule has 2 nitrogen and oxygen atoms in total. The Bertz CT molecular complexity index is 266. The molecule has 2 N–H and O–H groups in total. The SMILES string of the molecule is COc1ccc([C@@H](N)CC(C)C)cc1. The average molecular weight is 193 g/mol. The lowest BCUT2D eigenvalue weighted by Crippen LogP contribution is -2.12. The van der Waals surface area contributed by atoms with Crippen molar-refractivity contribution in [3.05, 3.63) is 29.8 Å². The second kappa shape index (κ2) is 5.01. The van der Waals surface area contributed by atoms with Crippen LogP contribution in [0.4, 0.5) is 0 Å². The Morgan fingerprint density at radius 2 is 1.79 bits per heavy atom. The van der Waals surface area contributed by atoms with E-state index in [1.165, 1.54) is 5.56 Å². The summed E-state index contributed by atoms with van der Waals surface area (Å²) >= 11 is 0. The van der Waals surface area contributed by atoms with Crippen LogP contribution in [0.1, 0.15) is 31.9 Å². The molecule has 0 saturated heterocycles. The lowest BCUT2D eigenvalue weighted by Gasteiger charge is -2.14. The normalized spacial score (nSPS) is 12.9. The number of methoxy groups -OCH3 is 1. The lowest BCUT2D eigenvalue weighted by atomic mass is 9.98. The van der Waals surface area contributed by atoms with Gasteiger partial charge in [0.05, 0.1) is 7.11 Å². The number of rotatable bonds is 4. The predicted octanol–water partition coefficient (Wildman–Crippen LogP) is 2.74. The topological polar surface area (TPSA) is 35.2 Å². The van der Waals surface area contributed by atoms with Crippen LogP contribution < -0.4 is 10.5 Å². The lowest BCUT2D eigenvalue weighted by molar-refractivity contribution is 0.414. The van der Waals surface area contributed by atoms with Crippen LogP contribution in [0, 0.1) is 5.92 Å². The second-order valence-corrected chi connectivity index (χ2v) is 4.01. The molecule has 0 aliphatic carbocycles. The van der Waals surface area contributed by atoms with Gasteiger partial charge in [0.2, 0.25) is 0 Å². The molecule has 0 fully saturated rings. The number of benzene rings is 1. The molecule has 1 rings (SSSR count). The summed E-state index contributed by atoms with van der Waals surface area (Å²) in [7, 11) is 1.67. The fraction of sp³-hybridized carbons (Fsp3) is 0.500. The molecule has 0 radical (unpaired) electrons. The molecule has 0 saturated carbocycles. The van der Waals surface area contributed by atoms with Crippen LogP contribution in [0.25, 0.3) is 0 Å². The standard InChI is InChI=1S/C12H19NO/c1-9(2)8-12(13)10-4-6-11(14-3)7-5-10/h4-7,9,12H,8,13H2,1-3H3/t12-/m0/s1. The van der Waals surface area contributed by atoms with Gasteiger partial charge in [-0.2, -0.15) is 0 Å². The summed E-state index contributed by atoms with van der Waals surface area (Å²) in [6.07, 6.45) is 1.02. The van der Waals surface area contributed by atoms with E-state index in [-0.39, 0.29) is 6.04 Å². The monoisotopic (exact) mass is 193 g/mol. The van der Waals surface area contributed by atoms with Crippen LogP contribution in [-0.4, -0.2) is 7.11 Å². The Balaban J connectivity index is 2.66. The fourth-order valence-corrected chi connectivity index (χ4v) is 1.50. The highest BCUT2D eigenvalue weighted by Crippen LogP contribution is 2.20. The van der Waals surface area contributed by atoms with Gasteiger partial charge in [-0.15, -0.1) is 0 Å². The van der Waals surface area contributed by atoms with Crippen molar-refractivity contribution in [2.24, 2.45) is 11.7 Å². The van der Waals surface area contributed by atoms with Crippen LogP contribution >= 0.6 is 0 Å². The van der Waals surface area contributed by atoms with E-state index < -0.39 is 0 Å². The van der Waals surface area contributed by atoms with E-state index in [1.807, 2.05) is 24.3 Å². The number of hydrogen-bond acceptors (Lipinski definition) is 2. The van der Waals surface area contributed by atoms with E-state index in [9.17, 15) is 0 Å². The summed E-state index contributed by atoms with van der Waals surface area (Å²) in [4.78, 5) is 0. The van der Waals surface area contributed by atoms with Gasteiger partial charge in [-0.1, -0.05) is 26.0 Å². The van der Waals surface area contributed by atoms with Crippen molar-refractivity contribution in [3.63, 3.8) is 0 Å². The molecular formula is C12H19NO. The molecular weight excluding hydrogens is 174 g/mol. The highest BCUT2D eigenvalue weighted by molar-refractivity contribution is 5.28. The zero-order valence-corrected chi connectivity index (χ0v) is 9.16. The molecule has 1 aromatic rings. The van der Waals surface area contributed by atoms with Crippen molar-refractivity contribution in [2.75, 3.05) is 7.11 Å². The maximum absolute atomic E-state index is 6.05. The average Bonchev–Trinajstić information content (AvgIpc) is 2.17. The Kier molecular flexibility index (Phi) is 3.96. The van der Waals surface area contributed by atoms with Crippen molar-refractivity contribution in [3.8, 4) is 5.75 Å². The molecule has 0 heterocycles. The van der Waals surface area contributed by atoms with Gasteiger partial charge >= 0.3 is 0 Å². The zero-order valence-electron chi connectivity index (χ0n) is 9.16. The quantitative estimate of drug-likeness (QED) is 0.798. The Hall–Kier alpha value is -1.02. The summed E-state index contributed by atoms with van der Waals surface area (Å²) in [6, 6.07) is 8.11. The minimum atomic E-state index is 0.140. The van der Waals surface area contributed by atoms with Gasteiger partial charge in [0.25, 0.3) is 0 Å². The third kappa shape index (κ3) is 3.04. The van der Waals surface area contributed by atoms with Crippen molar-refractivity contribution in [1.29, 1.82) is 0 Å². The van der Waals surface area contributed by atoms with E-state index in [4.69, 9.17) is 10.5 Å². The highest BCUT2D eigenvalue weighted by atomic mass is 16.5. The van der Waals surface area contributed by atoms with Crippen LogP contribution in [0.5, 0.6) is 5.75 Å². The van der Waals surface area contributed by atoms with Gasteiger partial charge < -0.3 is 10.5 Å². The smallest absolute Gasteiger partial charge is 0.118 e. The summed E-state index contributed by atoms with van der Waals surface area (Å²) < 4.78 is 5.09. The molecule has 0 aliphatic rings. The molecule has 0 bridgehead atoms. The largest absolute Gasteiger partial charge is 0.497 e. The molecule has 1 atom stereocenters. The van der Waals surface area contributed by atoms with Gasteiger partial charge in [0.15, 0.2) is 0 Å². The molecule has 0 aromatic heterocycles. The Morgan fingerprint density at radius 3 is 2.21 bits per heavy atom. The van der Waals surface area contributed by atoms with Gasteiger partial charge in [-0.3, -0.25) is 0 Å². The van der Waals surface area contributed by atoms with Gasteiger partial charge in [0.1, 0.15) is 5.75 Å². The molecule has 0 amide bonds. The molecule has 2 heteroatoms. The van der Waals surface area contributed by atoms with E-state index in [2.05, 4.69) is 13.8 Å². The number of hydrogen-bond donors (Lipinski definition) is 1. The maximum Gasteiger partial charge on any atom is 0.118 e. The summed E-state index contributed by atoms with van der Waals surface area (Å²) in [5.74, 6) is 1.51. The summed E-state index contributed by atoms with van der Waals surface area (Å²) in [6.45, 7) is 4.37. The second-order valence-electron chi connectivity index (χ2n) is 4.01. The van der Waals surface area contributed by atoms with Crippen LogP contribution in [-0.2, 0) is 0 Å². The summed E-state index contributed by atoms with van der Waals surface area (Å²) in [5.41, 5.74) is 7.23. The summed E-state index contributed by atoms with van der Waals surface area (Å²) in [5, 5.41) is 0. The Labute approximate surface area is 86.1 Å². The van der Waals surface area contributed by atoms with Gasteiger partial charge in [-0.25, -0.2) is 0 Å². The highest BCUT2D eigenvalue weighted by Gasteiger charge is 2.07. The third-order valence-corrected chi connectivity index (χ3v) is 2.27.